The van der Waals surface area contributed by atoms with E-state index in [0.717, 1.165) is 11.3 Å². The van der Waals surface area contributed by atoms with Crippen LogP contribution in [-0.4, -0.2) is 17.7 Å². The molecule has 20 heavy (non-hydrogen) atoms. The quantitative estimate of drug-likeness (QED) is 0.885. The summed E-state index contributed by atoms with van der Waals surface area (Å²) in [5.74, 6) is 0. The van der Waals surface area contributed by atoms with Gasteiger partial charge in [-0.05, 0) is 57.4 Å². The first-order valence-electron chi connectivity index (χ1n) is 6.85. The molecule has 0 aromatic heterocycles. The number of carbonyl (C=O) groups is 1. The number of anilines is 1. The fraction of sp³-hybridized carbons (Fsp3) is 0.533. The van der Waals surface area contributed by atoms with Crippen LogP contribution in [0, 0.1) is 0 Å². The van der Waals surface area contributed by atoms with Crippen LogP contribution in [0.1, 0.15) is 39.2 Å². The first-order chi connectivity index (χ1) is 9.33. The van der Waals surface area contributed by atoms with Gasteiger partial charge in [0, 0.05) is 23.3 Å². The van der Waals surface area contributed by atoms with Crippen molar-refractivity contribution in [3.8, 4) is 0 Å². The molecule has 1 fully saturated rings. The van der Waals surface area contributed by atoms with Crippen LogP contribution in [0.2, 0.25) is 5.02 Å². The predicted molar refractivity (Wildman–Crippen MR) is 81.2 cm³/mol. The van der Waals surface area contributed by atoms with E-state index in [0.29, 0.717) is 17.6 Å². The van der Waals surface area contributed by atoms with Crippen molar-refractivity contribution in [3.63, 3.8) is 0 Å². The number of nitrogens with one attached hydrogen (secondary N) is 2. The molecule has 2 N–H and O–H groups in total. The Hall–Kier alpha value is -1.26. The van der Waals surface area contributed by atoms with Crippen LogP contribution in [0.15, 0.2) is 18.2 Å². The molecule has 0 saturated heterocycles. The Bertz CT molecular complexity index is 493. The molecule has 1 aliphatic carbocycles. The van der Waals surface area contributed by atoms with Gasteiger partial charge in [0.1, 0.15) is 5.60 Å². The predicted octanol–water partition coefficient (Wildman–Crippen LogP) is 3.94. The van der Waals surface area contributed by atoms with Crippen molar-refractivity contribution >= 4 is 23.4 Å². The normalized spacial score (nSPS) is 15.0. The van der Waals surface area contributed by atoms with Gasteiger partial charge in [0.2, 0.25) is 0 Å². The molecular weight excluding hydrogens is 276 g/mol. The Labute approximate surface area is 124 Å². The van der Waals surface area contributed by atoms with Gasteiger partial charge in [-0.1, -0.05) is 11.6 Å². The summed E-state index contributed by atoms with van der Waals surface area (Å²) in [5.41, 5.74) is 1.19. The second kappa shape index (κ2) is 6.02. The van der Waals surface area contributed by atoms with Crippen molar-refractivity contribution < 1.29 is 9.53 Å². The average Bonchev–Trinajstić information content (AvgIpc) is 3.11. The summed E-state index contributed by atoms with van der Waals surface area (Å²) in [6.07, 6.45) is 1.98. The maximum Gasteiger partial charge on any atom is 0.412 e. The number of carbonyl (C=O) groups excluding carboxylic acids is 1. The minimum absolute atomic E-state index is 0.451. The van der Waals surface area contributed by atoms with E-state index in [2.05, 4.69) is 10.6 Å². The topological polar surface area (TPSA) is 50.4 Å². The van der Waals surface area contributed by atoms with Gasteiger partial charge in [0.05, 0.1) is 0 Å². The fourth-order valence-corrected chi connectivity index (χ4v) is 1.98. The van der Waals surface area contributed by atoms with Gasteiger partial charge < -0.3 is 10.1 Å². The maximum absolute atomic E-state index is 11.8. The Morgan fingerprint density at radius 1 is 1.40 bits per heavy atom. The number of ether oxygens (including phenoxy) is 1. The van der Waals surface area contributed by atoms with E-state index in [4.69, 9.17) is 16.3 Å². The molecule has 0 bridgehead atoms. The van der Waals surface area contributed by atoms with Gasteiger partial charge in [-0.2, -0.15) is 0 Å². The van der Waals surface area contributed by atoms with Crippen LogP contribution >= 0.6 is 11.6 Å². The summed E-state index contributed by atoms with van der Waals surface area (Å²) in [5, 5.41) is 6.85. The summed E-state index contributed by atoms with van der Waals surface area (Å²) in [4.78, 5) is 11.8. The van der Waals surface area contributed by atoms with Gasteiger partial charge in [0.15, 0.2) is 0 Å². The van der Waals surface area contributed by atoms with E-state index >= 15 is 0 Å². The highest BCUT2D eigenvalue weighted by Gasteiger charge is 2.21. The van der Waals surface area contributed by atoms with Crippen LogP contribution in [0.4, 0.5) is 10.5 Å². The van der Waals surface area contributed by atoms with Crippen molar-refractivity contribution in [1.82, 2.24) is 5.32 Å². The number of amides is 1. The Morgan fingerprint density at radius 3 is 2.70 bits per heavy atom. The lowest BCUT2D eigenvalue weighted by atomic mass is 10.1. The van der Waals surface area contributed by atoms with Gasteiger partial charge >= 0.3 is 6.09 Å². The van der Waals surface area contributed by atoms with Crippen LogP contribution in [0.3, 0.4) is 0 Å². The van der Waals surface area contributed by atoms with Gasteiger partial charge in [-0.3, -0.25) is 5.32 Å². The Morgan fingerprint density at radius 2 is 2.10 bits per heavy atom. The average molecular weight is 297 g/mol. The summed E-state index contributed by atoms with van der Waals surface area (Å²) in [7, 11) is 0. The molecular formula is C15H21ClN2O2. The van der Waals surface area contributed by atoms with Gasteiger partial charge in [0.25, 0.3) is 0 Å². The highest BCUT2D eigenvalue weighted by Crippen LogP contribution is 2.24. The standard InChI is InChI=1S/C15H21ClN2O2/c1-15(2,3)20-14(19)18-13-7-4-11(16)8-10(13)9-17-12-5-6-12/h4,7-8,12,17H,5-6,9H2,1-3H3,(H,18,19). The Kier molecular flexibility index (Phi) is 4.55. The molecule has 0 unspecified atom stereocenters. The maximum atomic E-state index is 11.8. The second-order valence-corrected chi connectivity index (χ2v) is 6.52. The Balaban J connectivity index is 2.03. The molecule has 0 heterocycles. The molecule has 0 radical (unpaired) electrons. The zero-order valence-electron chi connectivity index (χ0n) is 12.1. The lowest BCUT2D eigenvalue weighted by molar-refractivity contribution is 0.0636. The molecule has 1 saturated carbocycles. The molecule has 1 aliphatic rings. The number of halogens is 1. The summed E-state index contributed by atoms with van der Waals surface area (Å²) < 4.78 is 5.26. The molecule has 1 aromatic rings. The summed E-state index contributed by atoms with van der Waals surface area (Å²) in [6, 6.07) is 6.03. The number of rotatable bonds is 4. The van der Waals surface area contributed by atoms with Crippen LogP contribution in [-0.2, 0) is 11.3 Å². The first kappa shape index (κ1) is 15.1. The third kappa shape index (κ3) is 5.02. The smallest absolute Gasteiger partial charge is 0.412 e. The van der Waals surface area contributed by atoms with Crippen LogP contribution in [0.5, 0.6) is 0 Å². The van der Waals surface area contributed by atoms with Crippen molar-refractivity contribution in [1.29, 1.82) is 0 Å². The molecule has 1 aromatic carbocycles. The molecule has 0 spiro atoms. The van der Waals surface area contributed by atoms with E-state index in [1.165, 1.54) is 12.8 Å². The van der Waals surface area contributed by atoms with Crippen molar-refractivity contribution in [2.24, 2.45) is 0 Å². The third-order valence-electron chi connectivity index (χ3n) is 2.86. The number of hydrogen-bond donors (Lipinski definition) is 2. The monoisotopic (exact) mass is 296 g/mol. The van der Waals surface area contributed by atoms with Crippen molar-refractivity contribution in [2.45, 2.75) is 51.8 Å². The minimum Gasteiger partial charge on any atom is -0.444 e. The molecule has 5 heteroatoms. The second-order valence-electron chi connectivity index (χ2n) is 6.08. The van der Waals surface area contributed by atoms with E-state index in [9.17, 15) is 4.79 Å². The van der Waals surface area contributed by atoms with Crippen molar-refractivity contribution in [3.05, 3.63) is 28.8 Å². The fourth-order valence-electron chi connectivity index (χ4n) is 1.79. The lowest BCUT2D eigenvalue weighted by Gasteiger charge is -2.20. The van der Waals surface area contributed by atoms with E-state index < -0.39 is 11.7 Å². The number of hydrogen-bond acceptors (Lipinski definition) is 3. The zero-order chi connectivity index (χ0) is 14.8. The lowest BCUT2D eigenvalue weighted by Crippen LogP contribution is -2.28. The largest absolute Gasteiger partial charge is 0.444 e. The van der Waals surface area contributed by atoms with Crippen LogP contribution in [0.25, 0.3) is 0 Å². The molecule has 0 atom stereocenters. The van der Waals surface area contributed by atoms with E-state index in [1.54, 1.807) is 12.1 Å². The number of benzene rings is 1. The summed E-state index contributed by atoms with van der Waals surface area (Å²) in [6.45, 7) is 6.20. The van der Waals surface area contributed by atoms with E-state index in [-0.39, 0.29) is 0 Å². The van der Waals surface area contributed by atoms with Gasteiger partial charge in [-0.25, -0.2) is 4.79 Å². The molecule has 4 nitrogen and oxygen atoms in total. The van der Waals surface area contributed by atoms with Gasteiger partial charge in [-0.15, -0.1) is 0 Å². The molecule has 2 rings (SSSR count). The molecule has 110 valence electrons. The van der Waals surface area contributed by atoms with Crippen molar-refractivity contribution in [2.75, 3.05) is 5.32 Å². The minimum atomic E-state index is -0.511. The SMILES string of the molecule is CC(C)(C)OC(=O)Nc1ccc(Cl)cc1CNC1CC1. The third-order valence-corrected chi connectivity index (χ3v) is 3.10. The summed E-state index contributed by atoms with van der Waals surface area (Å²) >= 11 is 6.02. The zero-order valence-corrected chi connectivity index (χ0v) is 12.9. The molecule has 0 aliphatic heterocycles. The highest BCUT2D eigenvalue weighted by atomic mass is 35.5. The van der Waals surface area contributed by atoms with Crippen LogP contribution < -0.4 is 10.6 Å². The first-order valence-corrected chi connectivity index (χ1v) is 7.23. The van der Waals surface area contributed by atoms with E-state index in [1.807, 2.05) is 26.8 Å². The molecule has 1 amide bonds. The highest BCUT2D eigenvalue weighted by molar-refractivity contribution is 6.30.